The van der Waals surface area contributed by atoms with E-state index in [1.165, 1.54) is 51.7 Å². The van der Waals surface area contributed by atoms with Gasteiger partial charge in [0.15, 0.2) is 11.5 Å². The summed E-state index contributed by atoms with van der Waals surface area (Å²) in [5, 5.41) is 21.7. The Balaban J connectivity index is 2.56. The summed E-state index contributed by atoms with van der Waals surface area (Å²) in [4.78, 5) is 11.8. The summed E-state index contributed by atoms with van der Waals surface area (Å²) in [6.45, 7) is 2.15. The lowest BCUT2D eigenvalue weighted by Gasteiger charge is -2.16. The molecule has 7 nitrogen and oxygen atoms in total. The number of rotatable bonds is 8. The maximum Gasteiger partial charge on any atom is 0.336 e. The van der Waals surface area contributed by atoms with E-state index in [-0.39, 0.29) is 17.1 Å². The van der Waals surface area contributed by atoms with Crippen LogP contribution in [0, 0.1) is 0 Å². The maximum atomic E-state index is 12.0. The third-order valence-electron chi connectivity index (χ3n) is 3.78. The molecule has 0 aliphatic heterocycles. The van der Waals surface area contributed by atoms with Crippen molar-refractivity contribution in [1.82, 2.24) is 0 Å². The molecule has 144 valence electrons. The van der Waals surface area contributed by atoms with Crippen molar-refractivity contribution in [1.29, 1.82) is 0 Å². The van der Waals surface area contributed by atoms with Crippen molar-refractivity contribution in [2.24, 2.45) is 0 Å². The lowest BCUT2D eigenvalue weighted by molar-refractivity contribution is -0.270. The van der Waals surface area contributed by atoms with Crippen LogP contribution in [0.2, 0.25) is 0 Å². The van der Waals surface area contributed by atoms with E-state index in [1.807, 2.05) is 0 Å². The molecule has 0 aromatic heterocycles. The summed E-state index contributed by atoms with van der Waals surface area (Å²) in [5.41, 5.74) is 0.755. The lowest BCUT2D eigenvalue weighted by atomic mass is 10.0. The normalized spacial score (nSPS) is 11.0. The minimum Gasteiger partial charge on any atom is -0.870 e. The predicted molar refractivity (Wildman–Crippen MR) is 98.7 cm³/mol. The molecule has 0 fully saturated rings. The van der Waals surface area contributed by atoms with Gasteiger partial charge in [0.25, 0.3) is 0 Å². The third-order valence-corrected chi connectivity index (χ3v) is 3.78. The Labute approximate surface area is 157 Å². The van der Waals surface area contributed by atoms with Crippen LogP contribution in [-0.2, 0) is 4.79 Å². The molecule has 0 unspecified atom stereocenters. The van der Waals surface area contributed by atoms with E-state index in [0.29, 0.717) is 35.0 Å². The van der Waals surface area contributed by atoms with Crippen molar-refractivity contribution >= 4 is 17.6 Å². The lowest BCUT2D eigenvalue weighted by Crippen LogP contribution is -2.03. The van der Waals surface area contributed by atoms with Gasteiger partial charge in [-0.25, -0.2) is 4.79 Å². The zero-order chi connectivity index (χ0) is 20.0. The molecule has 2 aromatic carbocycles. The van der Waals surface area contributed by atoms with Gasteiger partial charge in [-0.15, -0.1) is 0 Å². The molecule has 0 aliphatic rings. The summed E-state index contributed by atoms with van der Waals surface area (Å²) in [6.07, 6.45) is 1.40. The first-order valence-electron chi connectivity index (χ1n) is 8.14. The fourth-order valence-electron chi connectivity index (χ4n) is 2.56. The summed E-state index contributed by atoms with van der Waals surface area (Å²) >= 11 is 0. The molecular weight excluding hydrogens is 352 g/mol. The number of benzene rings is 2. The SMILES string of the molecule is CCOc1ccc(/C=C(/C(=O)O)c2cc(OC)c(OC)c(OC)c2)cc1[O-]. The van der Waals surface area contributed by atoms with Gasteiger partial charge in [-0.2, -0.15) is 0 Å². The van der Waals surface area contributed by atoms with Gasteiger partial charge in [-0.1, -0.05) is 17.9 Å². The van der Waals surface area contributed by atoms with Crippen LogP contribution < -0.4 is 24.1 Å². The molecular formula is C20H21O7-. The van der Waals surface area contributed by atoms with Crippen LogP contribution in [0.1, 0.15) is 18.1 Å². The van der Waals surface area contributed by atoms with E-state index < -0.39 is 5.97 Å². The van der Waals surface area contributed by atoms with Crippen LogP contribution in [0.5, 0.6) is 28.7 Å². The Bertz CT molecular complexity index is 830. The first-order valence-corrected chi connectivity index (χ1v) is 8.14. The fraction of sp³-hybridized carbons (Fsp3) is 0.250. The molecule has 0 spiro atoms. The van der Waals surface area contributed by atoms with Crippen LogP contribution in [0.15, 0.2) is 30.3 Å². The highest BCUT2D eigenvalue weighted by Crippen LogP contribution is 2.40. The first kappa shape index (κ1) is 20.0. The van der Waals surface area contributed by atoms with Crippen LogP contribution in [0.25, 0.3) is 11.6 Å². The Morgan fingerprint density at radius 1 is 1.04 bits per heavy atom. The number of aliphatic carboxylic acids is 1. The van der Waals surface area contributed by atoms with Crippen molar-refractivity contribution in [3.8, 4) is 28.7 Å². The predicted octanol–water partition coefficient (Wildman–Crippen LogP) is 2.81. The van der Waals surface area contributed by atoms with Gasteiger partial charge in [-0.05, 0) is 42.3 Å². The van der Waals surface area contributed by atoms with Gasteiger partial charge in [0.05, 0.1) is 33.5 Å². The number of carboxylic acid groups (broad SMARTS) is 1. The van der Waals surface area contributed by atoms with Crippen LogP contribution in [0.3, 0.4) is 0 Å². The van der Waals surface area contributed by atoms with Gasteiger partial charge >= 0.3 is 5.97 Å². The van der Waals surface area contributed by atoms with Crippen molar-refractivity contribution in [3.63, 3.8) is 0 Å². The van der Waals surface area contributed by atoms with Gasteiger partial charge in [0, 0.05) is 0 Å². The molecule has 1 N–H and O–H groups in total. The van der Waals surface area contributed by atoms with Crippen molar-refractivity contribution in [2.75, 3.05) is 27.9 Å². The molecule has 0 heterocycles. The Morgan fingerprint density at radius 3 is 2.11 bits per heavy atom. The topological polar surface area (TPSA) is 97.3 Å². The van der Waals surface area contributed by atoms with Crippen LogP contribution >= 0.6 is 0 Å². The van der Waals surface area contributed by atoms with E-state index in [1.54, 1.807) is 13.0 Å². The van der Waals surface area contributed by atoms with Gasteiger partial charge in [0.2, 0.25) is 5.75 Å². The van der Waals surface area contributed by atoms with E-state index in [9.17, 15) is 15.0 Å². The van der Waals surface area contributed by atoms with Crippen LogP contribution in [-0.4, -0.2) is 39.0 Å². The average Bonchev–Trinajstić information content (AvgIpc) is 2.66. The molecule has 0 amide bonds. The molecule has 0 aliphatic carbocycles. The molecule has 0 saturated heterocycles. The van der Waals surface area contributed by atoms with Gasteiger partial charge < -0.3 is 29.2 Å². The Hall–Kier alpha value is -3.35. The Kier molecular flexibility index (Phi) is 6.54. The second-order valence-corrected chi connectivity index (χ2v) is 5.42. The van der Waals surface area contributed by atoms with E-state index >= 15 is 0 Å². The highest BCUT2D eigenvalue weighted by atomic mass is 16.5. The maximum absolute atomic E-state index is 12.0. The smallest absolute Gasteiger partial charge is 0.336 e. The molecule has 7 heteroatoms. The Morgan fingerprint density at radius 2 is 1.67 bits per heavy atom. The minimum absolute atomic E-state index is 0.0298. The second kappa shape index (κ2) is 8.84. The monoisotopic (exact) mass is 373 g/mol. The number of methoxy groups -OCH3 is 3. The number of carboxylic acids is 1. The highest BCUT2D eigenvalue weighted by molar-refractivity contribution is 6.20. The van der Waals surface area contributed by atoms with Crippen LogP contribution in [0.4, 0.5) is 0 Å². The van der Waals surface area contributed by atoms with Gasteiger partial charge in [-0.3, -0.25) is 0 Å². The molecule has 2 aromatic rings. The van der Waals surface area contributed by atoms with E-state index in [4.69, 9.17) is 18.9 Å². The number of carbonyl (C=O) groups is 1. The number of ether oxygens (including phenoxy) is 4. The molecule has 0 bridgehead atoms. The van der Waals surface area contributed by atoms with E-state index in [2.05, 4.69) is 0 Å². The largest absolute Gasteiger partial charge is 0.870 e. The quantitative estimate of drug-likeness (QED) is 0.561. The van der Waals surface area contributed by atoms with Crippen molar-refractivity contribution < 1.29 is 34.0 Å². The molecule has 0 saturated carbocycles. The molecule has 0 radical (unpaired) electrons. The minimum atomic E-state index is -1.16. The molecule has 0 atom stereocenters. The summed E-state index contributed by atoms with van der Waals surface area (Å²) < 4.78 is 21.0. The third kappa shape index (κ3) is 4.44. The summed E-state index contributed by atoms with van der Waals surface area (Å²) in [7, 11) is 4.35. The number of hydrogen-bond donors (Lipinski definition) is 1. The van der Waals surface area contributed by atoms with Gasteiger partial charge in [0.1, 0.15) is 5.75 Å². The summed E-state index contributed by atoms with van der Waals surface area (Å²) in [6, 6.07) is 7.54. The summed E-state index contributed by atoms with van der Waals surface area (Å²) in [5.74, 6) is -0.244. The fourth-order valence-corrected chi connectivity index (χ4v) is 2.56. The average molecular weight is 373 g/mol. The highest BCUT2D eigenvalue weighted by Gasteiger charge is 2.18. The molecule has 27 heavy (non-hydrogen) atoms. The van der Waals surface area contributed by atoms with Crippen molar-refractivity contribution in [2.45, 2.75) is 6.92 Å². The first-order chi connectivity index (χ1) is 12.9. The standard InChI is InChI=1S/C20H22O7/c1-5-27-16-7-6-12(9-15(16)21)8-14(20(22)23)13-10-17(24-2)19(26-4)18(11-13)25-3/h6-11,21H,5H2,1-4H3,(H,22,23)/p-1/b14-8+. The zero-order valence-electron chi connectivity index (χ0n) is 15.6. The molecule has 2 rings (SSSR count). The van der Waals surface area contributed by atoms with E-state index in [0.717, 1.165) is 0 Å². The van der Waals surface area contributed by atoms with Crippen molar-refractivity contribution in [3.05, 3.63) is 41.5 Å². The second-order valence-electron chi connectivity index (χ2n) is 5.42. The number of hydrogen-bond acceptors (Lipinski definition) is 6. The zero-order valence-corrected chi connectivity index (χ0v) is 15.6.